The van der Waals surface area contributed by atoms with Gasteiger partial charge in [0.2, 0.25) is 0 Å². The number of hydrogen-bond acceptors (Lipinski definition) is 3. The van der Waals surface area contributed by atoms with E-state index >= 15 is 0 Å². The highest BCUT2D eigenvalue weighted by Crippen LogP contribution is 2.29. The first-order valence-corrected chi connectivity index (χ1v) is 8.13. The van der Waals surface area contributed by atoms with Crippen LogP contribution in [0.3, 0.4) is 0 Å². The Morgan fingerprint density at radius 1 is 1.38 bits per heavy atom. The van der Waals surface area contributed by atoms with E-state index in [1.165, 1.54) is 32.1 Å². The molecule has 0 unspecified atom stereocenters. The van der Waals surface area contributed by atoms with E-state index < -0.39 is 0 Å². The Labute approximate surface area is 126 Å². The number of amides is 1. The van der Waals surface area contributed by atoms with Crippen molar-refractivity contribution in [2.45, 2.75) is 44.6 Å². The van der Waals surface area contributed by atoms with Crippen molar-refractivity contribution in [3.8, 4) is 0 Å². The van der Waals surface area contributed by atoms with Crippen molar-refractivity contribution < 1.29 is 9.53 Å². The lowest BCUT2D eigenvalue weighted by molar-refractivity contribution is -0.0340. The molecule has 3 rings (SSSR count). The van der Waals surface area contributed by atoms with Gasteiger partial charge in [-0.25, -0.2) is 0 Å². The number of morpholine rings is 1. The molecule has 2 aliphatic rings. The van der Waals surface area contributed by atoms with E-state index in [0.29, 0.717) is 18.8 Å². The molecule has 0 radical (unpaired) electrons. The molecule has 1 aliphatic carbocycles. The normalized spacial score (nSPS) is 24.2. The molecule has 2 heterocycles. The van der Waals surface area contributed by atoms with E-state index in [4.69, 9.17) is 4.74 Å². The molecule has 0 aromatic carbocycles. The minimum Gasteiger partial charge on any atom is -0.375 e. The van der Waals surface area contributed by atoms with Crippen LogP contribution in [0, 0.1) is 5.92 Å². The maximum atomic E-state index is 12.5. The zero-order chi connectivity index (χ0) is 14.7. The standard InChI is InChI=1S/C16H25N3O2/c1-18-15(7-8-17-18)16(20)19-9-10-21-14(12-19)11-13-5-3-2-4-6-13/h7-8,13-14H,2-6,9-12H2,1H3/t14-/m0/s1. The number of carbonyl (C=O) groups excluding carboxylic acids is 1. The summed E-state index contributed by atoms with van der Waals surface area (Å²) in [5, 5.41) is 4.08. The van der Waals surface area contributed by atoms with E-state index in [9.17, 15) is 4.79 Å². The molecular formula is C16H25N3O2. The number of rotatable bonds is 3. The summed E-state index contributed by atoms with van der Waals surface area (Å²) < 4.78 is 7.54. The minimum absolute atomic E-state index is 0.0759. The Kier molecular flexibility index (Phi) is 4.58. The van der Waals surface area contributed by atoms with Crippen molar-refractivity contribution in [2.24, 2.45) is 13.0 Å². The Bertz CT molecular complexity index is 480. The molecule has 5 heteroatoms. The Balaban J connectivity index is 1.57. The number of hydrogen-bond donors (Lipinski definition) is 0. The quantitative estimate of drug-likeness (QED) is 0.858. The minimum atomic E-state index is 0.0759. The summed E-state index contributed by atoms with van der Waals surface area (Å²) in [5.74, 6) is 0.863. The summed E-state index contributed by atoms with van der Waals surface area (Å²) in [6.07, 6.45) is 9.74. The predicted molar refractivity (Wildman–Crippen MR) is 80.0 cm³/mol. The first-order chi connectivity index (χ1) is 10.2. The van der Waals surface area contributed by atoms with Crippen LogP contribution >= 0.6 is 0 Å². The highest BCUT2D eigenvalue weighted by atomic mass is 16.5. The van der Waals surface area contributed by atoms with Crippen molar-refractivity contribution in [1.82, 2.24) is 14.7 Å². The molecule has 0 bridgehead atoms. The molecule has 1 aromatic rings. The second-order valence-electron chi connectivity index (χ2n) is 6.32. The van der Waals surface area contributed by atoms with Gasteiger partial charge in [-0.15, -0.1) is 0 Å². The van der Waals surface area contributed by atoms with Crippen LogP contribution in [0.4, 0.5) is 0 Å². The highest BCUT2D eigenvalue weighted by molar-refractivity contribution is 5.92. The van der Waals surface area contributed by atoms with E-state index in [1.54, 1.807) is 16.9 Å². The number of ether oxygens (including phenoxy) is 1. The van der Waals surface area contributed by atoms with Crippen LogP contribution in [0.1, 0.15) is 49.0 Å². The molecule has 1 amide bonds. The van der Waals surface area contributed by atoms with Crippen molar-refractivity contribution in [1.29, 1.82) is 0 Å². The van der Waals surface area contributed by atoms with Gasteiger partial charge in [-0.05, 0) is 18.4 Å². The van der Waals surface area contributed by atoms with E-state index in [0.717, 1.165) is 18.9 Å². The summed E-state index contributed by atoms with van der Waals surface area (Å²) in [4.78, 5) is 14.5. The van der Waals surface area contributed by atoms with Crippen molar-refractivity contribution >= 4 is 5.91 Å². The van der Waals surface area contributed by atoms with Crippen LogP contribution in [0.2, 0.25) is 0 Å². The lowest BCUT2D eigenvalue weighted by atomic mass is 9.85. The lowest BCUT2D eigenvalue weighted by Crippen LogP contribution is -2.46. The van der Waals surface area contributed by atoms with Crippen LogP contribution in [-0.2, 0) is 11.8 Å². The SMILES string of the molecule is Cn1nccc1C(=O)N1CCO[C@@H](CC2CCCCC2)C1. The topological polar surface area (TPSA) is 47.4 Å². The van der Waals surface area contributed by atoms with Gasteiger partial charge in [0.05, 0.1) is 12.7 Å². The molecule has 21 heavy (non-hydrogen) atoms. The van der Waals surface area contributed by atoms with Crippen molar-refractivity contribution in [3.63, 3.8) is 0 Å². The first kappa shape index (κ1) is 14.6. The van der Waals surface area contributed by atoms with Gasteiger partial charge in [-0.3, -0.25) is 9.48 Å². The molecule has 1 atom stereocenters. The smallest absolute Gasteiger partial charge is 0.272 e. The van der Waals surface area contributed by atoms with Gasteiger partial charge in [0, 0.05) is 26.3 Å². The third-order valence-electron chi connectivity index (χ3n) is 4.79. The third kappa shape index (κ3) is 3.46. The van der Waals surface area contributed by atoms with Crippen LogP contribution in [-0.4, -0.2) is 46.4 Å². The van der Waals surface area contributed by atoms with Gasteiger partial charge in [0.15, 0.2) is 0 Å². The van der Waals surface area contributed by atoms with Gasteiger partial charge in [-0.2, -0.15) is 5.10 Å². The van der Waals surface area contributed by atoms with Gasteiger partial charge in [-0.1, -0.05) is 32.1 Å². The zero-order valence-electron chi connectivity index (χ0n) is 12.8. The second kappa shape index (κ2) is 6.60. The Morgan fingerprint density at radius 3 is 2.90 bits per heavy atom. The predicted octanol–water partition coefficient (Wildman–Crippen LogP) is 2.23. The van der Waals surface area contributed by atoms with Crippen molar-refractivity contribution in [3.05, 3.63) is 18.0 Å². The largest absolute Gasteiger partial charge is 0.375 e. The van der Waals surface area contributed by atoms with Gasteiger partial charge in [0.1, 0.15) is 5.69 Å². The summed E-state index contributed by atoms with van der Waals surface area (Å²) >= 11 is 0. The molecule has 116 valence electrons. The zero-order valence-corrected chi connectivity index (χ0v) is 12.8. The molecule has 0 N–H and O–H groups in total. The van der Waals surface area contributed by atoms with Crippen LogP contribution < -0.4 is 0 Å². The molecule has 1 aliphatic heterocycles. The maximum absolute atomic E-state index is 12.5. The second-order valence-corrected chi connectivity index (χ2v) is 6.32. The average molecular weight is 291 g/mol. The number of aromatic nitrogens is 2. The maximum Gasteiger partial charge on any atom is 0.272 e. The molecule has 1 saturated heterocycles. The number of nitrogens with zero attached hydrogens (tertiary/aromatic N) is 3. The first-order valence-electron chi connectivity index (χ1n) is 8.13. The molecule has 2 fully saturated rings. The lowest BCUT2D eigenvalue weighted by Gasteiger charge is -2.35. The fourth-order valence-electron chi connectivity index (χ4n) is 3.59. The van der Waals surface area contributed by atoms with E-state index in [-0.39, 0.29) is 12.0 Å². The molecular weight excluding hydrogens is 266 g/mol. The number of carbonyl (C=O) groups is 1. The monoisotopic (exact) mass is 291 g/mol. The summed E-state index contributed by atoms with van der Waals surface area (Å²) in [6.45, 7) is 2.06. The highest BCUT2D eigenvalue weighted by Gasteiger charge is 2.28. The van der Waals surface area contributed by atoms with Crippen LogP contribution in [0.15, 0.2) is 12.3 Å². The molecule has 1 saturated carbocycles. The van der Waals surface area contributed by atoms with Gasteiger partial charge >= 0.3 is 0 Å². The summed E-state index contributed by atoms with van der Waals surface area (Å²) in [5.41, 5.74) is 0.660. The fraction of sp³-hybridized carbons (Fsp3) is 0.750. The summed E-state index contributed by atoms with van der Waals surface area (Å²) in [6, 6.07) is 1.79. The van der Waals surface area contributed by atoms with Gasteiger partial charge in [0.25, 0.3) is 5.91 Å². The average Bonchev–Trinajstić information content (AvgIpc) is 2.94. The van der Waals surface area contributed by atoms with Crippen LogP contribution in [0.25, 0.3) is 0 Å². The van der Waals surface area contributed by atoms with Gasteiger partial charge < -0.3 is 9.64 Å². The molecule has 5 nitrogen and oxygen atoms in total. The van der Waals surface area contributed by atoms with Crippen LogP contribution in [0.5, 0.6) is 0 Å². The van der Waals surface area contributed by atoms with E-state index in [2.05, 4.69) is 5.10 Å². The third-order valence-corrected chi connectivity index (χ3v) is 4.79. The van der Waals surface area contributed by atoms with Crippen molar-refractivity contribution in [2.75, 3.05) is 19.7 Å². The fourth-order valence-corrected chi connectivity index (χ4v) is 3.59. The molecule has 0 spiro atoms. The number of aryl methyl sites for hydroxylation is 1. The Hall–Kier alpha value is -1.36. The molecule has 1 aromatic heterocycles. The van der Waals surface area contributed by atoms with E-state index in [1.807, 2.05) is 11.9 Å². The summed E-state index contributed by atoms with van der Waals surface area (Å²) in [7, 11) is 1.81. The Morgan fingerprint density at radius 2 is 2.19 bits per heavy atom.